The normalized spacial score (nSPS) is 10.4. The number of aromatic nitrogens is 2. The van der Waals surface area contributed by atoms with Crippen LogP contribution in [-0.4, -0.2) is 41.8 Å². The molecule has 0 atom stereocenters. The Hall–Kier alpha value is -3.88. The average Bonchev–Trinajstić information content (AvgIpc) is 3.23. The molecule has 0 bridgehead atoms. The average molecular weight is 396 g/mol. The lowest BCUT2D eigenvalue weighted by molar-refractivity contribution is -0.384. The van der Waals surface area contributed by atoms with Gasteiger partial charge in [0.25, 0.3) is 11.6 Å². The zero-order valence-electron chi connectivity index (χ0n) is 16.0. The van der Waals surface area contributed by atoms with Gasteiger partial charge in [0, 0.05) is 24.2 Å². The first-order valence-corrected chi connectivity index (χ1v) is 8.80. The number of nitrogens with one attached hydrogen (secondary N) is 2. The fourth-order valence-electron chi connectivity index (χ4n) is 2.88. The van der Waals surface area contributed by atoms with Gasteiger partial charge in [-0.2, -0.15) is 5.10 Å². The molecular formula is C20H20N4O5. The number of rotatable bonds is 8. The lowest BCUT2D eigenvalue weighted by atomic mass is 10.1. The van der Waals surface area contributed by atoms with Crippen LogP contribution < -0.4 is 14.8 Å². The van der Waals surface area contributed by atoms with Crippen molar-refractivity contribution in [1.82, 2.24) is 15.5 Å². The number of hydrogen-bond donors (Lipinski definition) is 2. The summed E-state index contributed by atoms with van der Waals surface area (Å²) in [4.78, 5) is 22.9. The first kappa shape index (κ1) is 19.9. The molecule has 0 saturated heterocycles. The van der Waals surface area contributed by atoms with E-state index in [0.29, 0.717) is 41.3 Å². The van der Waals surface area contributed by atoms with Crippen LogP contribution in [-0.2, 0) is 6.42 Å². The summed E-state index contributed by atoms with van der Waals surface area (Å²) in [6.45, 7) is 0.416. The third-order valence-corrected chi connectivity index (χ3v) is 4.40. The van der Waals surface area contributed by atoms with Crippen molar-refractivity contribution in [3.8, 4) is 22.8 Å². The number of aromatic amines is 1. The van der Waals surface area contributed by atoms with Crippen molar-refractivity contribution < 1.29 is 19.2 Å². The van der Waals surface area contributed by atoms with Crippen molar-refractivity contribution in [3.63, 3.8) is 0 Å². The van der Waals surface area contributed by atoms with Crippen molar-refractivity contribution in [1.29, 1.82) is 0 Å². The maximum atomic E-state index is 12.6. The first-order chi connectivity index (χ1) is 14.0. The summed E-state index contributed by atoms with van der Waals surface area (Å²) < 4.78 is 10.5. The maximum absolute atomic E-state index is 12.6. The number of non-ortho nitro benzene ring substituents is 1. The largest absolute Gasteiger partial charge is 0.493 e. The lowest BCUT2D eigenvalue weighted by Crippen LogP contribution is -2.25. The highest BCUT2D eigenvalue weighted by Gasteiger charge is 2.16. The molecule has 0 radical (unpaired) electrons. The van der Waals surface area contributed by atoms with Crippen LogP contribution >= 0.6 is 0 Å². The minimum Gasteiger partial charge on any atom is -0.493 e. The molecule has 9 nitrogen and oxygen atoms in total. The molecule has 2 N–H and O–H groups in total. The van der Waals surface area contributed by atoms with Gasteiger partial charge in [0.15, 0.2) is 11.5 Å². The van der Waals surface area contributed by atoms with Crippen LogP contribution in [0.2, 0.25) is 0 Å². The second-order valence-corrected chi connectivity index (χ2v) is 6.16. The van der Waals surface area contributed by atoms with E-state index in [1.54, 1.807) is 26.4 Å². The van der Waals surface area contributed by atoms with Crippen molar-refractivity contribution in [2.24, 2.45) is 0 Å². The summed E-state index contributed by atoms with van der Waals surface area (Å²) in [7, 11) is 3.15. The first-order valence-electron chi connectivity index (χ1n) is 8.80. The number of nitro groups is 1. The summed E-state index contributed by atoms with van der Waals surface area (Å²) in [6, 6.07) is 11.5. The Balaban J connectivity index is 1.65. The van der Waals surface area contributed by atoms with Crippen LogP contribution in [0.4, 0.5) is 5.69 Å². The summed E-state index contributed by atoms with van der Waals surface area (Å²) in [5, 5.41) is 20.4. The standard InChI is InChI=1S/C20H20N4O5/c1-28-17-8-3-13(11-18(17)29-2)9-10-21-20(25)16-12-22-23-19(16)14-4-6-15(7-5-14)24(26)27/h3-8,11-12H,9-10H2,1-2H3,(H,21,25)(H,22,23). The monoisotopic (exact) mass is 396 g/mol. The number of nitrogens with zero attached hydrogens (tertiary/aromatic N) is 2. The van der Waals surface area contributed by atoms with Crippen molar-refractivity contribution in [3.05, 3.63) is 69.9 Å². The predicted molar refractivity (Wildman–Crippen MR) is 106 cm³/mol. The number of benzene rings is 2. The Morgan fingerprint density at radius 1 is 1.14 bits per heavy atom. The third kappa shape index (κ3) is 4.52. The van der Waals surface area contributed by atoms with E-state index >= 15 is 0 Å². The number of carbonyl (C=O) groups excluding carboxylic acids is 1. The molecule has 1 aromatic heterocycles. The van der Waals surface area contributed by atoms with Crippen molar-refractivity contribution in [2.45, 2.75) is 6.42 Å². The summed E-state index contributed by atoms with van der Waals surface area (Å²) in [6.07, 6.45) is 2.04. The van der Waals surface area contributed by atoms with Crippen LogP contribution in [0, 0.1) is 10.1 Å². The second kappa shape index (κ2) is 8.87. The highest BCUT2D eigenvalue weighted by molar-refractivity contribution is 5.99. The summed E-state index contributed by atoms with van der Waals surface area (Å²) in [5.41, 5.74) is 2.48. The lowest BCUT2D eigenvalue weighted by Gasteiger charge is -2.10. The van der Waals surface area contributed by atoms with Crippen LogP contribution in [0.25, 0.3) is 11.3 Å². The Kier molecular flexibility index (Phi) is 6.08. The maximum Gasteiger partial charge on any atom is 0.269 e. The van der Waals surface area contributed by atoms with E-state index in [4.69, 9.17) is 9.47 Å². The number of carbonyl (C=O) groups is 1. The highest BCUT2D eigenvalue weighted by Crippen LogP contribution is 2.27. The molecule has 2 aromatic carbocycles. The fourth-order valence-corrected chi connectivity index (χ4v) is 2.88. The van der Waals surface area contributed by atoms with E-state index in [1.807, 2.05) is 18.2 Å². The quantitative estimate of drug-likeness (QED) is 0.446. The number of hydrogen-bond acceptors (Lipinski definition) is 6. The van der Waals surface area contributed by atoms with Crippen LogP contribution in [0.1, 0.15) is 15.9 Å². The van der Waals surface area contributed by atoms with Gasteiger partial charge < -0.3 is 14.8 Å². The topological polar surface area (TPSA) is 119 Å². The molecule has 3 rings (SSSR count). The predicted octanol–water partition coefficient (Wildman–Crippen LogP) is 2.97. The number of ether oxygens (including phenoxy) is 2. The van der Waals surface area contributed by atoms with Crippen molar-refractivity contribution >= 4 is 11.6 Å². The Morgan fingerprint density at radius 3 is 2.52 bits per heavy atom. The zero-order chi connectivity index (χ0) is 20.8. The minimum atomic E-state index is -0.474. The molecule has 0 unspecified atom stereocenters. The van der Waals surface area contributed by atoms with Gasteiger partial charge in [0.1, 0.15) is 0 Å². The van der Waals surface area contributed by atoms with E-state index in [9.17, 15) is 14.9 Å². The van der Waals surface area contributed by atoms with Gasteiger partial charge in [-0.15, -0.1) is 0 Å². The van der Waals surface area contributed by atoms with Crippen LogP contribution in [0.5, 0.6) is 11.5 Å². The van der Waals surface area contributed by atoms with Gasteiger partial charge in [-0.05, 0) is 36.2 Å². The molecule has 9 heteroatoms. The van der Waals surface area contributed by atoms with Gasteiger partial charge in [0.05, 0.1) is 36.6 Å². The van der Waals surface area contributed by atoms with Crippen LogP contribution in [0.15, 0.2) is 48.7 Å². The molecule has 1 amide bonds. The smallest absolute Gasteiger partial charge is 0.269 e. The Bertz CT molecular complexity index is 1010. The number of nitro benzene ring substituents is 1. The molecule has 150 valence electrons. The fraction of sp³-hybridized carbons (Fsp3) is 0.200. The molecule has 0 spiro atoms. The van der Waals surface area contributed by atoms with Gasteiger partial charge >= 0.3 is 0 Å². The zero-order valence-corrected chi connectivity index (χ0v) is 16.0. The van der Waals surface area contributed by atoms with E-state index in [0.717, 1.165) is 5.56 Å². The molecule has 3 aromatic rings. The third-order valence-electron chi connectivity index (χ3n) is 4.40. The number of H-pyrrole nitrogens is 1. The van der Waals surface area contributed by atoms with Gasteiger partial charge in [-0.3, -0.25) is 20.0 Å². The summed E-state index contributed by atoms with van der Waals surface area (Å²) in [5.74, 6) is 0.991. The van der Waals surface area contributed by atoms with E-state index in [-0.39, 0.29) is 11.6 Å². The molecular weight excluding hydrogens is 376 g/mol. The Morgan fingerprint density at radius 2 is 1.86 bits per heavy atom. The Labute approximate surface area is 166 Å². The van der Waals surface area contributed by atoms with Gasteiger partial charge in [-0.25, -0.2) is 0 Å². The van der Waals surface area contributed by atoms with Gasteiger partial charge in [0.2, 0.25) is 0 Å². The molecule has 0 fully saturated rings. The number of amides is 1. The van der Waals surface area contributed by atoms with E-state index in [1.165, 1.54) is 18.3 Å². The summed E-state index contributed by atoms with van der Waals surface area (Å²) >= 11 is 0. The molecule has 0 aliphatic carbocycles. The molecule has 1 heterocycles. The van der Waals surface area contributed by atoms with Gasteiger partial charge in [-0.1, -0.05) is 6.07 Å². The molecule has 0 aliphatic heterocycles. The van der Waals surface area contributed by atoms with Crippen molar-refractivity contribution in [2.75, 3.05) is 20.8 Å². The highest BCUT2D eigenvalue weighted by atomic mass is 16.6. The van der Waals surface area contributed by atoms with E-state index < -0.39 is 4.92 Å². The molecule has 0 aliphatic rings. The second-order valence-electron chi connectivity index (χ2n) is 6.16. The van der Waals surface area contributed by atoms with Crippen LogP contribution in [0.3, 0.4) is 0 Å². The minimum absolute atomic E-state index is 0.0193. The molecule has 29 heavy (non-hydrogen) atoms. The SMILES string of the molecule is COc1ccc(CCNC(=O)c2cn[nH]c2-c2ccc([N+](=O)[O-])cc2)cc1OC. The van der Waals surface area contributed by atoms with E-state index in [2.05, 4.69) is 15.5 Å². The number of methoxy groups -OCH3 is 2. The molecule has 0 saturated carbocycles.